The first kappa shape index (κ1) is 11.0. The topological polar surface area (TPSA) is 17.1 Å². The molecule has 1 nitrogen and oxygen atoms in total. The fourth-order valence-electron chi connectivity index (χ4n) is 0.824. The SMILES string of the molecule is CCCSCCCCC(C)=O. The van der Waals surface area contributed by atoms with Gasteiger partial charge in [0.05, 0.1) is 0 Å². The van der Waals surface area contributed by atoms with E-state index in [0.29, 0.717) is 5.78 Å². The summed E-state index contributed by atoms with van der Waals surface area (Å²) in [6, 6.07) is 0. The maximum absolute atomic E-state index is 10.5. The molecule has 0 fully saturated rings. The fraction of sp³-hybridized carbons (Fsp3) is 0.889. The quantitative estimate of drug-likeness (QED) is 0.552. The first-order valence-corrected chi connectivity index (χ1v) is 5.50. The number of carbonyl (C=O) groups is 1. The van der Waals surface area contributed by atoms with Gasteiger partial charge in [-0.3, -0.25) is 0 Å². The van der Waals surface area contributed by atoms with Crippen LogP contribution in [-0.2, 0) is 4.79 Å². The van der Waals surface area contributed by atoms with E-state index in [0.717, 1.165) is 12.8 Å². The summed E-state index contributed by atoms with van der Waals surface area (Å²) in [6.07, 6.45) is 4.31. The van der Waals surface area contributed by atoms with Gasteiger partial charge < -0.3 is 4.79 Å². The van der Waals surface area contributed by atoms with Gasteiger partial charge in [0.15, 0.2) is 0 Å². The summed E-state index contributed by atoms with van der Waals surface area (Å²) in [5.74, 6) is 2.81. The van der Waals surface area contributed by atoms with Crippen LogP contribution in [0.15, 0.2) is 0 Å². The first-order chi connectivity index (χ1) is 5.27. The Morgan fingerprint density at radius 3 is 2.55 bits per heavy atom. The molecule has 0 spiro atoms. The van der Waals surface area contributed by atoms with E-state index in [1.807, 2.05) is 11.8 Å². The van der Waals surface area contributed by atoms with Gasteiger partial charge in [-0.05, 0) is 37.7 Å². The molecule has 0 aliphatic heterocycles. The van der Waals surface area contributed by atoms with Crippen molar-refractivity contribution in [2.24, 2.45) is 0 Å². The number of thioether (sulfide) groups is 1. The molecule has 0 saturated heterocycles. The number of hydrogen-bond acceptors (Lipinski definition) is 2. The minimum Gasteiger partial charge on any atom is -0.300 e. The summed E-state index contributed by atoms with van der Waals surface area (Å²) in [6.45, 7) is 3.86. The standard InChI is InChI=1S/C9H18OS/c1-3-7-11-8-5-4-6-9(2)10/h3-8H2,1-2H3. The summed E-state index contributed by atoms with van der Waals surface area (Å²) in [4.78, 5) is 10.5. The minimum atomic E-state index is 0.325. The van der Waals surface area contributed by atoms with Gasteiger partial charge in [0, 0.05) is 6.42 Å². The lowest BCUT2D eigenvalue weighted by Crippen LogP contribution is -1.90. The summed E-state index contributed by atoms with van der Waals surface area (Å²) < 4.78 is 0. The van der Waals surface area contributed by atoms with Crippen LogP contribution in [0, 0.1) is 0 Å². The molecule has 0 N–H and O–H groups in total. The molecule has 0 unspecified atom stereocenters. The second-order valence-electron chi connectivity index (χ2n) is 2.77. The minimum absolute atomic E-state index is 0.325. The van der Waals surface area contributed by atoms with Crippen LogP contribution in [0.25, 0.3) is 0 Å². The van der Waals surface area contributed by atoms with E-state index in [1.165, 1.54) is 24.3 Å². The molecule has 0 aliphatic rings. The number of ketones is 1. The molecule has 0 aliphatic carbocycles. The van der Waals surface area contributed by atoms with Crippen LogP contribution in [0.2, 0.25) is 0 Å². The molecular weight excluding hydrogens is 156 g/mol. The Kier molecular flexibility index (Phi) is 8.13. The molecule has 0 saturated carbocycles. The van der Waals surface area contributed by atoms with Crippen LogP contribution in [-0.4, -0.2) is 17.3 Å². The highest BCUT2D eigenvalue weighted by Gasteiger charge is 1.93. The Labute approximate surface area is 73.9 Å². The van der Waals surface area contributed by atoms with E-state index in [2.05, 4.69) is 6.92 Å². The molecule has 11 heavy (non-hydrogen) atoms. The maximum Gasteiger partial charge on any atom is 0.129 e. The van der Waals surface area contributed by atoms with Gasteiger partial charge in [-0.15, -0.1) is 0 Å². The summed E-state index contributed by atoms with van der Waals surface area (Å²) >= 11 is 1.99. The zero-order valence-electron chi connectivity index (χ0n) is 7.56. The van der Waals surface area contributed by atoms with E-state index in [4.69, 9.17) is 0 Å². The maximum atomic E-state index is 10.5. The lowest BCUT2D eigenvalue weighted by molar-refractivity contribution is -0.117. The molecule has 0 atom stereocenters. The van der Waals surface area contributed by atoms with Crippen molar-refractivity contribution in [3.63, 3.8) is 0 Å². The van der Waals surface area contributed by atoms with Gasteiger partial charge in [0.25, 0.3) is 0 Å². The lowest BCUT2D eigenvalue weighted by Gasteiger charge is -1.97. The third-order valence-electron chi connectivity index (χ3n) is 1.42. The van der Waals surface area contributed by atoms with Crippen LogP contribution >= 0.6 is 11.8 Å². The van der Waals surface area contributed by atoms with Gasteiger partial charge in [-0.2, -0.15) is 11.8 Å². The average molecular weight is 174 g/mol. The number of carbonyl (C=O) groups excluding carboxylic acids is 1. The second-order valence-corrected chi connectivity index (χ2v) is 4.00. The first-order valence-electron chi connectivity index (χ1n) is 4.34. The molecule has 0 rings (SSSR count). The molecule has 0 amide bonds. The lowest BCUT2D eigenvalue weighted by atomic mass is 10.2. The molecule has 66 valence electrons. The normalized spacial score (nSPS) is 10.0. The predicted molar refractivity (Wildman–Crippen MR) is 52.1 cm³/mol. The van der Waals surface area contributed by atoms with E-state index >= 15 is 0 Å². The van der Waals surface area contributed by atoms with Crippen LogP contribution < -0.4 is 0 Å². The summed E-state index contributed by atoms with van der Waals surface area (Å²) in [5, 5.41) is 0. The Morgan fingerprint density at radius 2 is 2.00 bits per heavy atom. The predicted octanol–water partition coefficient (Wildman–Crippen LogP) is 2.89. The molecule has 0 radical (unpaired) electrons. The van der Waals surface area contributed by atoms with Crippen molar-refractivity contribution in [3.8, 4) is 0 Å². The van der Waals surface area contributed by atoms with Crippen LogP contribution in [0.5, 0.6) is 0 Å². The smallest absolute Gasteiger partial charge is 0.129 e. The van der Waals surface area contributed by atoms with Crippen molar-refractivity contribution < 1.29 is 4.79 Å². The van der Waals surface area contributed by atoms with Crippen molar-refractivity contribution in [3.05, 3.63) is 0 Å². The van der Waals surface area contributed by atoms with Gasteiger partial charge in [0.2, 0.25) is 0 Å². The van der Waals surface area contributed by atoms with Crippen LogP contribution in [0.3, 0.4) is 0 Å². The van der Waals surface area contributed by atoms with Crippen LogP contribution in [0.1, 0.15) is 39.5 Å². The molecule has 0 aromatic carbocycles. The number of hydrogen-bond donors (Lipinski definition) is 0. The van der Waals surface area contributed by atoms with Crippen LogP contribution in [0.4, 0.5) is 0 Å². The number of Topliss-reactive ketones (excluding diaryl/α,β-unsaturated/α-hetero) is 1. The Balaban J connectivity index is 2.85. The van der Waals surface area contributed by atoms with E-state index in [9.17, 15) is 4.79 Å². The third kappa shape index (κ3) is 10.0. The molecular formula is C9H18OS. The highest BCUT2D eigenvalue weighted by molar-refractivity contribution is 7.99. The Hall–Kier alpha value is 0.0200. The summed E-state index contributed by atoms with van der Waals surface area (Å²) in [5.41, 5.74) is 0. The monoisotopic (exact) mass is 174 g/mol. The van der Waals surface area contributed by atoms with E-state index < -0.39 is 0 Å². The number of unbranched alkanes of at least 4 members (excludes halogenated alkanes) is 1. The van der Waals surface area contributed by atoms with Gasteiger partial charge in [-0.25, -0.2) is 0 Å². The van der Waals surface area contributed by atoms with Crippen molar-refractivity contribution in [2.75, 3.05) is 11.5 Å². The van der Waals surface area contributed by atoms with Crippen molar-refractivity contribution in [2.45, 2.75) is 39.5 Å². The molecule has 0 aromatic rings. The average Bonchev–Trinajstić information content (AvgIpc) is 1.96. The largest absolute Gasteiger partial charge is 0.300 e. The zero-order chi connectivity index (χ0) is 8.53. The Morgan fingerprint density at radius 1 is 1.27 bits per heavy atom. The zero-order valence-corrected chi connectivity index (χ0v) is 8.38. The van der Waals surface area contributed by atoms with Gasteiger partial charge in [-0.1, -0.05) is 6.92 Å². The van der Waals surface area contributed by atoms with Gasteiger partial charge in [0.1, 0.15) is 5.78 Å². The molecule has 2 heteroatoms. The van der Waals surface area contributed by atoms with Crippen molar-refractivity contribution in [1.29, 1.82) is 0 Å². The van der Waals surface area contributed by atoms with Crippen molar-refractivity contribution in [1.82, 2.24) is 0 Å². The Bertz CT molecular complexity index is 102. The van der Waals surface area contributed by atoms with E-state index in [1.54, 1.807) is 6.92 Å². The molecule has 0 aromatic heterocycles. The van der Waals surface area contributed by atoms with Crippen molar-refractivity contribution >= 4 is 17.5 Å². The van der Waals surface area contributed by atoms with Gasteiger partial charge >= 0.3 is 0 Å². The summed E-state index contributed by atoms with van der Waals surface area (Å²) in [7, 11) is 0. The fourth-order valence-corrected chi connectivity index (χ4v) is 1.73. The van der Waals surface area contributed by atoms with E-state index in [-0.39, 0.29) is 0 Å². The number of rotatable bonds is 7. The third-order valence-corrected chi connectivity index (χ3v) is 2.69. The molecule has 0 heterocycles. The molecule has 0 bridgehead atoms. The highest BCUT2D eigenvalue weighted by Crippen LogP contribution is 2.07. The second kappa shape index (κ2) is 8.12. The highest BCUT2D eigenvalue weighted by atomic mass is 32.2.